The molecule has 2 aliphatic carbocycles. The molecule has 17 heavy (non-hydrogen) atoms. The van der Waals surface area contributed by atoms with Gasteiger partial charge in [0.15, 0.2) is 0 Å². The number of nitrogens with two attached hydrogens (primary N) is 1. The Morgan fingerprint density at radius 1 is 1.29 bits per heavy atom. The summed E-state index contributed by atoms with van der Waals surface area (Å²) in [5, 5.41) is 3.10. The summed E-state index contributed by atoms with van der Waals surface area (Å²) in [5.41, 5.74) is 6.17. The van der Waals surface area contributed by atoms with Crippen LogP contribution in [0, 0.1) is 29.6 Å². The van der Waals surface area contributed by atoms with Crippen molar-refractivity contribution in [2.75, 3.05) is 6.54 Å². The maximum atomic E-state index is 12.2. The molecule has 0 aromatic carbocycles. The molecule has 2 aliphatic rings. The number of rotatable bonds is 4. The van der Waals surface area contributed by atoms with Gasteiger partial charge in [0.25, 0.3) is 0 Å². The Morgan fingerprint density at radius 2 is 1.94 bits per heavy atom. The van der Waals surface area contributed by atoms with E-state index in [1.807, 2.05) is 0 Å². The Labute approximate surface area is 105 Å². The molecule has 0 aliphatic heterocycles. The second kappa shape index (κ2) is 4.97. The van der Waals surface area contributed by atoms with Gasteiger partial charge in [0.05, 0.1) is 5.92 Å². The van der Waals surface area contributed by atoms with Crippen molar-refractivity contribution >= 4 is 5.91 Å². The van der Waals surface area contributed by atoms with Crippen molar-refractivity contribution in [3.05, 3.63) is 0 Å². The second-order valence-corrected chi connectivity index (χ2v) is 6.40. The Bertz CT molecular complexity index is 288. The average molecular weight is 238 g/mol. The lowest BCUT2D eigenvalue weighted by atomic mass is 9.84. The van der Waals surface area contributed by atoms with Crippen LogP contribution in [0.1, 0.15) is 40.0 Å². The van der Waals surface area contributed by atoms with Gasteiger partial charge in [0.2, 0.25) is 5.91 Å². The number of amides is 1. The van der Waals surface area contributed by atoms with E-state index in [-0.39, 0.29) is 17.9 Å². The van der Waals surface area contributed by atoms with Gasteiger partial charge in [-0.3, -0.25) is 4.79 Å². The number of carbonyl (C=O) groups excluding carboxylic acids is 1. The molecule has 0 aromatic rings. The van der Waals surface area contributed by atoms with Crippen molar-refractivity contribution in [3.8, 4) is 0 Å². The molecule has 0 saturated heterocycles. The molecule has 3 N–H and O–H groups in total. The first-order chi connectivity index (χ1) is 8.00. The first-order valence-corrected chi connectivity index (χ1v) is 7.04. The van der Waals surface area contributed by atoms with E-state index in [0.717, 1.165) is 6.54 Å². The Morgan fingerprint density at radius 3 is 2.47 bits per heavy atom. The van der Waals surface area contributed by atoms with Gasteiger partial charge in [-0.25, -0.2) is 0 Å². The largest absolute Gasteiger partial charge is 0.356 e. The van der Waals surface area contributed by atoms with Crippen molar-refractivity contribution in [1.29, 1.82) is 0 Å². The highest BCUT2D eigenvalue weighted by molar-refractivity contribution is 5.80. The highest BCUT2D eigenvalue weighted by Crippen LogP contribution is 2.47. The van der Waals surface area contributed by atoms with Crippen molar-refractivity contribution in [2.45, 2.75) is 46.1 Å². The molecule has 3 nitrogen and oxygen atoms in total. The molecule has 1 amide bonds. The van der Waals surface area contributed by atoms with E-state index in [0.29, 0.717) is 23.7 Å². The molecule has 5 atom stereocenters. The van der Waals surface area contributed by atoms with E-state index in [1.54, 1.807) is 0 Å². The first-order valence-electron chi connectivity index (χ1n) is 7.04. The van der Waals surface area contributed by atoms with Crippen LogP contribution in [0.2, 0.25) is 0 Å². The molecule has 0 radical (unpaired) electrons. The predicted octanol–water partition coefficient (Wildman–Crippen LogP) is 1.77. The summed E-state index contributed by atoms with van der Waals surface area (Å²) in [7, 11) is 0. The van der Waals surface area contributed by atoms with Gasteiger partial charge in [-0.05, 0) is 42.9 Å². The number of nitrogens with one attached hydrogen (secondary N) is 1. The molecule has 98 valence electrons. The molecule has 0 aromatic heterocycles. The SMILES string of the molecule is CC(C)C(C)CNC(=O)C1C2CCC(C2)C1N. The Balaban J connectivity index is 1.84. The van der Waals surface area contributed by atoms with Crippen molar-refractivity contribution in [3.63, 3.8) is 0 Å². The Kier molecular flexibility index (Phi) is 3.76. The maximum Gasteiger partial charge on any atom is 0.224 e. The lowest BCUT2D eigenvalue weighted by molar-refractivity contribution is -0.127. The van der Waals surface area contributed by atoms with E-state index in [2.05, 4.69) is 26.1 Å². The third kappa shape index (κ3) is 2.49. The Hall–Kier alpha value is -0.570. The minimum atomic E-state index is 0.0908. The van der Waals surface area contributed by atoms with Crippen LogP contribution in [0.5, 0.6) is 0 Å². The molecule has 2 rings (SSSR count). The monoisotopic (exact) mass is 238 g/mol. The lowest BCUT2D eigenvalue weighted by Crippen LogP contribution is -2.46. The fraction of sp³-hybridized carbons (Fsp3) is 0.929. The second-order valence-electron chi connectivity index (χ2n) is 6.40. The van der Waals surface area contributed by atoms with Gasteiger partial charge >= 0.3 is 0 Å². The average Bonchev–Trinajstić information content (AvgIpc) is 2.85. The summed E-state index contributed by atoms with van der Waals surface area (Å²) in [6, 6.07) is 0.114. The highest BCUT2D eigenvalue weighted by atomic mass is 16.1. The van der Waals surface area contributed by atoms with Gasteiger partial charge in [-0.1, -0.05) is 20.8 Å². The zero-order valence-corrected chi connectivity index (χ0v) is 11.3. The van der Waals surface area contributed by atoms with Crippen LogP contribution >= 0.6 is 0 Å². The van der Waals surface area contributed by atoms with Gasteiger partial charge in [-0.2, -0.15) is 0 Å². The minimum Gasteiger partial charge on any atom is -0.356 e. The van der Waals surface area contributed by atoms with E-state index in [9.17, 15) is 4.79 Å². The molecular formula is C14H26N2O. The van der Waals surface area contributed by atoms with Crippen LogP contribution in [-0.4, -0.2) is 18.5 Å². The quantitative estimate of drug-likeness (QED) is 0.784. The number of carbonyl (C=O) groups is 1. The van der Waals surface area contributed by atoms with Crippen LogP contribution in [0.4, 0.5) is 0 Å². The smallest absolute Gasteiger partial charge is 0.224 e. The molecule has 5 unspecified atom stereocenters. The van der Waals surface area contributed by atoms with Gasteiger partial charge in [0, 0.05) is 12.6 Å². The molecular weight excluding hydrogens is 212 g/mol. The standard InChI is InChI=1S/C14H26N2O/c1-8(2)9(3)7-16-14(17)12-10-4-5-11(6-10)13(12)15/h8-13H,4-7,15H2,1-3H3,(H,16,17). The van der Waals surface area contributed by atoms with E-state index in [1.165, 1.54) is 19.3 Å². The fourth-order valence-electron chi connectivity index (χ4n) is 3.34. The van der Waals surface area contributed by atoms with Gasteiger partial charge < -0.3 is 11.1 Å². The van der Waals surface area contributed by atoms with E-state index in [4.69, 9.17) is 5.73 Å². The van der Waals surface area contributed by atoms with Crippen LogP contribution < -0.4 is 11.1 Å². The number of fused-ring (bicyclic) bond motifs is 2. The van der Waals surface area contributed by atoms with Crippen LogP contribution in [0.3, 0.4) is 0 Å². The van der Waals surface area contributed by atoms with Crippen molar-refractivity contribution in [1.82, 2.24) is 5.32 Å². The predicted molar refractivity (Wildman–Crippen MR) is 69.3 cm³/mol. The highest BCUT2D eigenvalue weighted by Gasteiger charge is 2.48. The zero-order valence-electron chi connectivity index (χ0n) is 11.3. The summed E-state index contributed by atoms with van der Waals surface area (Å²) in [6.45, 7) is 7.36. The van der Waals surface area contributed by atoms with Gasteiger partial charge in [-0.15, -0.1) is 0 Å². The molecule has 2 fully saturated rings. The third-order valence-electron chi connectivity index (χ3n) is 5.02. The zero-order chi connectivity index (χ0) is 12.6. The normalized spacial score (nSPS) is 37.5. The first kappa shape index (κ1) is 12.9. The minimum absolute atomic E-state index is 0.0908. The molecule has 2 saturated carbocycles. The fourth-order valence-corrected chi connectivity index (χ4v) is 3.34. The summed E-state index contributed by atoms with van der Waals surface area (Å²) in [4.78, 5) is 12.2. The number of hydrogen-bond acceptors (Lipinski definition) is 2. The summed E-state index contributed by atoms with van der Waals surface area (Å²) < 4.78 is 0. The maximum absolute atomic E-state index is 12.2. The van der Waals surface area contributed by atoms with Gasteiger partial charge in [0.1, 0.15) is 0 Å². The molecule has 3 heteroatoms. The van der Waals surface area contributed by atoms with Crippen LogP contribution in [0.25, 0.3) is 0 Å². The van der Waals surface area contributed by atoms with Crippen molar-refractivity contribution < 1.29 is 4.79 Å². The van der Waals surface area contributed by atoms with Crippen molar-refractivity contribution in [2.24, 2.45) is 35.3 Å². The molecule has 0 heterocycles. The topological polar surface area (TPSA) is 55.1 Å². The van der Waals surface area contributed by atoms with Crippen LogP contribution in [-0.2, 0) is 4.79 Å². The van der Waals surface area contributed by atoms with Crippen LogP contribution in [0.15, 0.2) is 0 Å². The summed E-state index contributed by atoms with van der Waals surface area (Å²) in [5.74, 6) is 2.62. The number of hydrogen-bond donors (Lipinski definition) is 2. The lowest BCUT2D eigenvalue weighted by Gasteiger charge is -2.28. The summed E-state index contributed by atoms with van der Waals surface area (Å²) in [6.07, 6.45) is 3.62. The summed E-state index contributed by atoms with van der Waals surface area (Å²) >= 11 is 0. The van der Waals surface area contributed by atoms with E-state index >= 15 is 0 Å². The third-order valence-corrected chi connectivity index (χ3v) is 5.02. The molecule has 0 spiro atoms. The van der Waals surface area contributed by atoms with E-state index < -0.39 is 0 Å². The molecule has 2 bridgehead atoms.